The Balaban J connectivity index is 1.84. The first-order valence-electron chi connectivity index (χ1n) is 7.26. The zero-order valence-electron chi connectivity index (χ0n) is 12.8. The summed E-state index contributed by atoms with van der Waals surface area (Å²) in [4.78, 5) is 12.0. The van der Waals surface area contributed by atoms with Crippen molar-refractivity contribution in [3.63, 3.8) is 0 Å². The number of ether oxygens (including phenoxy) is 1. The summed E-state index contributed by atoms with van der Waals surface area (Å²) >= 11 is 5.97. The molecular weight excluding hydrogens is 298 g/mol. The van der Waals surface area contributed by atoms with Gasteiger partial charge in [0.25, 0.3) is 0 Å². The molecule has 2 rings (SSSR count). The zero-order chi connectivity index (χ0) is 15.9. The second-order valence-corrected chi connectivity index (χ2v) is 5.63. The van der Waals surface area contributed by atoms with Crippen LogP contribution in [0.4, 0.5) is 0 Å². The van der Waals surface area contributed by atoms with Crippen molar-refractivity contribution >= 4 is 17.5 Å². The number of carbonyl (C=O) groups is 1. The predicted octanol–water partition coefficient (Wildman–Crippen LogP) is 4.16. The Kier molecular flexibility index (Phi) is 5.84. The number of nitrogens with one attached hydrogen (secondary N) is 1. The second kappa shape index (κ2) is 7.85. The van der Waals surface area contributed by atoms with Crippen LogP contribution in [-0.2, 0) is 11.2 Å². The highest BCUT2D eigenvalue weighted by molar-refractivity contribution is 6.30. The lowest BCUT2D eigenvalue weighted by Gasteiger charge is -2.14. The normalized spacial score (nSPS) is 11.8. The third-order valence-electron chi connectivity index (χ3n) is 3.53. The molecule has 0 saturated heterocycles. The van der Waals surface area contributed by atoms with Gasteiger partial charge in [0.15, 0.2) is 0 Å². The van der Waals surface area contributed by atoms with Gasteiger partial charge in [-0.15, -0.1) is 0 Å². The molecule has 0 spiro atoms. The standard InChI is InChI=1S/C18H20ClNO2/c1-13(15-4-3-5-16(19)12-15)20-18(21)11-8-14-6-9-17(22-2)10-7-14/h3-7,9-10,12-13H,8,11H2,1-2H3,(H,20,21). The van der Waals surface area contributed by atoms with E-state index in [1.807, 2.05) is 55.5 Å². The fourth-order valence-corrected chi connectivity index (χ4v) is 2.42. The Bertz CT molecular complexity index is 625. The van der Waals surface area contributed by atoms with E-state index in [4.69, 9.17) is 16.3 Å². The number of methoxy groups -OCH3 is 1. The molecule has 0 aromatic heterocycles. The summed E-state index contributed by atoms with van der Waals surface area (Å²) in [6.45, 7) is 1.96. The molecule has 1 amide bonds. The van der Waals surface area contributed by atoms with Gasteiger partial charge in [-0.3, -0.25) is 4.79 Å². The van der Waals surface area contributed by atoms with Crippen LogP contribution in [0.5, 0.6) is 5.75 Å². The number of aryl methyl sites for hydroxylation is 1. The molecule has 0 heterocycles. The molecule has 1 N–H and O–H groups in total. The summed E-state index contributed by atoms with van der Waals surface area (Å²) in [5.41, 5.74) is 2.12. The van der Waals surface area contributed by atoms with Gasteiger partial charge in [-0.1, -0.05) is 35.9 Å². The molecule has 0 aliphatic carbocycles. The number of carbonyl (C=O) groups excluding carboxylic acids is 1. The van der Waals surface area contributed by atoms with E-state index in [0.29, 0.717) is 17.9 Å². The molecule has 0 radical (unpaired) electrons. The third kappa shape index (κ3) is 4.78. The van der Waals surface area contributed by atoms with Gasteiger partial charge in [0.05, 0.1) is 13.2 Å². The molecule has 4 heteroatoms. The minimum atomic E-state index is -0.0536. The van der Waals surface area contributed by atoms with Crippen LogP contribution in [-0.4, -0.2) is 13.0 Å². The van der Waals surface area contributed by atoms with Crippen LogP contribution in [0, 0.1) is 0 Å². The van der Waals surface area contributed by atoms with Gasteiger partial charge >= 0.3 is 0 Å². The molecule has 0 aliphatic heterocycles. The maximum atomic E-state index is 12.0. The summed E-state index contributed by atoms with van der Waals surface area (Å²) in [5, 5.41) is 3.67. The first kappa shape index (κ1) is 16.4. The molecule has 1 atom stereocenters. The van der Waals surface area contributed by atoms with E-state index in [2.05, 4.69) is 5.32 Å². The monoisotopic (exact) mass is 317 g/mol. The van der Waals surface area contributed by atoms with Crippen molar-refractivity contribution in [3.8, 4) is 5.75 Å². The maximum absolute atomic E-state index is 12.0. The summed E-state index contributed by atoms with van der Waals surface area (Å²) in [5.74, 6) is 0.853. The predicted molar refractivity (Wildman–Crippen MR) is 89.3 cm³/mol. The molecule has 2 aromatic rings. The summed E-state index contributed by atoms with van der Waals surface area (Å²) in [6.07, 6.45) is 1.16. The van der Waals surface area contributed by atoms with Crippen LogP contribution in [0.25, 0.3) is 0 Å². The van der Waals surface area contributed by atoms with Crippen LogP contribution < -0.4 is 10.1 Å². The Labute approximate surface area is 136 Å². The van der Waals surface area contributed by atoms with Crippen LogP contribution in [0.1, 0.15) is 30.5 Å². The molecule has 116 valence electrons. The fraction of sp³-hybridized carbons (Fsp3) is 0.278. The average Bonchev–Trinajstić information content (AvgIpc) is 2.53. The average molecular weight is 318 g/mol. The van der Waals surface area contributed by atoms with E-state index in [-0.39, 0.29) is 11.9 Å². The van der Waals surface area contributed by atoms with Gasteiger partial charge in [-0.05, 0) is 48.7 Å². The van der Waals surface area contributed by atoms with E-state index < -0.39 is 0 Å². The Hall–Kier alpha value is -2.00. The van der Waals surface area contributed by atoms with Gasteiger partial charge in [-0.2, -0.15) is 0 Å². The number of hydrogen-bond donors (Lipinski definition) is 1. The highest BCUT2D eigenvalue weighted by atomic mass is 35.5. The quantitative estimate of drug-likeness (QED) is 0.868. The van der Waals surface area contributed by atoms with Gasteiger partial charge in [0.1, 0.15) is 5.75 Å². The van der Waals surface area contributed by atoms with E-state index in [1.165, 1.54) is 0 Å². The van der Waals surface area contributed by atoms with Crippen molar-refractivity contribution in [1.29, 1.82) is 0 Å². The smallest absolute Gasteiger partial charge is 0.220 e. The first-order chi connectivity index (χ1) is 10.6. The second-order valence-electron chi connectivity index (χ2n) is 5.19. The Morgan fingerprint density at radius 2 is 1.95 bits per heavy atom. The van der Waals surface area contributed by atoms with E-state index in [9.17, 15) is 4.79 Å². The number of benzene rings is 2. The van der Waals surface area contributed by atoms with Crippen molar-refractivity contribution in [2.45, 2.75) is 25.8 Å². The lowest BCUT2D eigenvalue weighted by molar-refractivity contribution is -0.121. The number of rotatable bonds is 6. The minimum Gasteiger partial charge on any atom is -0.497 e. The number of hydrogen-bond acceptors (Lipinski definition) is 2. The molecule has 1 unspecified atom stereocenters. The molecule has 0 aliphatic rings. The summed E-state index contributed by atoms with van der Waals surface area (Å²) < 4.78 is 5.12. The van der Waals surface area contributed by atoms with Gasteiger partial charge in [0, 0.05) is 11.4 Å². The topological polar surface area (TPSA) is 38.3 Å². The molecule has 0 bridgehead atoms. The van der Waals surface area contributed by atoms with E-state index in [1.54, 1.807) is 7.11 Å². The molecule has 0 saturated carbocycles. The number of halogens is 1. The van der Waals surface area contributed by atoms with E-state index >= 15 is 0 Å². The van der Waals surface area contributed by atoms with Gasteiger partial charge in [0.2, 0.25) is 5.91 Å². The minimum absolute atomic E-state index is 0.0308. The van der Waals surface area contributed by atoms with Crippen molar-refractivity contribution in [1.82, 2.24) is 5.32 Å². The van der Waals surface area contributed by atoms with Crippen LogP contribution in [0.15, 0.2) is 48.5 Å². The fourth-order valence-electron chi connectivity index (χ4n) is 2.22. The molecular formula is C18H20ClNO2. The maximum Gasteiger partial charge on any atom is 0.220 e. The van der Waals surface area contributed by atoms with Crippen molar-refractivity contribution < 1.29 is 9.53 Å². The van der Waals surface area contributed by atoms with Gasteiger partial charge < -0.3 is 10.1 Å². The van der Waals surface area contributed by atoms with Crippen LogP contribution in [0.3, 0.4) is 0 Å². The van der Waals surface area contributed by atoms with E-state index in [0.717, 1.165) is 16.9 Å². The summed E-state index contributed by atoms with van der Waals surface area (Å²) in [6, 6.07) is 15.3. The molecule has 22 heavy (non-hydrogen) atoms. The SMILES string of the molecule is COc1ccc(CCC(=O)NC(C)c2cccc(Cl)c2)cc1. The van der Waals surface area contributed by atoms with Crippen molar-refractivity contribution in [2.24, 2.45) is 0 Å². The largest absolute Gasteiger partial charge is 0.497 e. The molecule has 3 nitrogen and oxygen atoms in total. The van der Waals surface area contributed by atoms with Crippen molar-refractivity contribution in [3.05, 3.63) is 64.7 Å². The summed E-state index contributed by atoms with van der Waals surface area (Å²) in [7, 11) is 1.64. The highest BCUT2D eigenvalue weighted by Gasteiger charge is 2.10. The van der Waals surface area contributed by atoms with Gasteiger partial charge in [-0.25, -0.2) is 0 Å². The molecule has 2 aromatic carbocycles. The van der Waals surface area contributed by atoms with Crippen LogP contribution in [0.2, 0.25) is 5.02 Å². The Morgan fingerprint density at radius 1 is 1.23 bits per heavy atom. The molecule has 0 fully saturated rings. The van der Waals surface area contributed by atoms with Crippen LogP contribution >= 0.6 is 11.6 Å². The zero-order valence-corrected chi connectivity index (χ0v) is 13.6. The lowest BCUT2D eigenvalue weighted by atomic mass is 10.1. The highest BCUT2D eigenvalue weighted by Crippen LogP contribution is 2.18. The third-order valence-corrected chi connectivity index (χ3v) is 3.76. The lowest BCUT2D eigenvalue weighted by Crippen LogP contribution is -2.26. The number of amides is 1. The Morgan fingerprint density at radius 3 is 2.59 bits per heavy atom. The van der Waals surface area contributed by atoms with Crippen molar-refractivity contribution in [2.75, 3.05) is 7.11 Å². The first-order valence-corrected chi connectivity index (χ1v) is 7.64.